The van der Waals surface area contributed by atoms with Crippen molar-refractivity contribution in [3.8, 4) is 0 Å². The molecular formula is C23H22FN3O3S. The molecule has 2 aromatic carbocycles. The van der Waals surface area contributed by atoms with Crippen LogP contribution in [-0.4, -0.2) is 34.7 Å². The summed E-state index contributed by atoms with van der Waals surface area (Å²) < 4.78 is 21.6. The predicted octanol–water partition coefficient (Wildman–Crippen LogP) is 3.47. The van der Waals surface area contributed by atoms with Crippen molar-refractivity contribution in [2.24, 2.45) is 12.8 Å². The van der Waals surface area contributed by atoms with Crippen LogP contribution in [0.5, 0.6) is 0 Å². The Balaban J connectivity index is 1.58. The summed E-state index contributed by atoms with van der Waals surface area (Å²) in [4.78, 5) is 26.4. The lowest BCUT2D eigenvalue weighted by molar-refractivity contribution is -0.127. The van der Waals surface area contributed by atoms with E-state index >= 15 is 0 Å². The van der Waals surface area contributed by atoms with E-state index in [0.717, 1.165) is 10.5 Å². The van der Waals surface area contributed by atoms with Crippen LogP contribution in [0.25, 0.3) is 0 Å². The first-order valence-corrected chi connectivity index (χ1v) is 10.7. The number of hydrogen-bond acceptors (Lipinski definition) is 5. The third kappa shape index (κ3) is 4.13. The summed E-state index contributed by atoms with van der Waals surface area (Å²) in [5.41, 5.74) is 6.17. The fourth-order valence-corrected chi connectivity index (χ4v) is 4.77. The molecule has 0 atom stereocenters. The van der Waals surface area contributed by atoms with Crippen molar-refractivity contribution in [3.63, 3.8) is 0 Å². The van der Waals surface area contributed by atoms with Gasteiger partial charge < -0.3 is 10.5 Å². The van der Waals surface area contributed by atoms with Crippen LogP contribution < -0.4 is 5.73 Å². The zero-order valence-electron chi connectivity index (χ0n) is 17.0. The van der Waals surface area contributed by atoms with Crippen LogP contribution in [-0.2, 0) is 22.0 Å². The normalized spacial score (nSPS) is 15.5. The monoisotopic (exact) mass is 439 g/mol. The highest BCUT2D eigenvalue weighted by Crippen LogP contribution is 2.38. The van der Waals surface area contributed by atoms with Gasteiger partial charge in [-0.15, -0.1) is 0 Å². The summed E-state index contributed by atoms with van der Waals surface area (Å²) in [7, 11) is 1.64. The Morgan fingerprint density at radius 3 is 2.52 bits per heavy atom. The van der Waals surface area contributed by atoms with E-state index in [1.54, 1.807) is 19.2 Å². The molecule has 2 N–H and O–H groups in total. The van der Waals surface area contributed by atoms with Crippen LogP contribution in [0.15, 0.2) is 64.5 Å². The van der Waals surface area contributed by atoms with Gasteiger partial charge >= 0.3 is 0 Å². The number of rotatable bonds is 6. The van der Waals surface area contributed by atoms with Gasteiger partial charge in [0.1, 0.15) is 11.5 Å². The van der Waals surface area contributed by atoms with Gasteiger partial charge in [0.05, 0.1) is 11.0 Å². The van der Waals surface area contributed by atoms with Gasteiger partial charge in [0.2, 0.25) is 11.7 Å². The van der Waals surface area contributed by atoms with Gasteiger partial charge in [-0.25, -0.2) is 4.39 Å². The maximum Gasteiger partial charge on any atom is 0.228 e. The highest BCUT2D eigenvalue weighted by Gasteiger charge is 2.40. The van der Waals surface area contributed by atoms with Crippen LogP contribution in [0.2, 0.25) is 0 Å². The largest absolute Gasteiger partial charge is 0.381 e. The number of carbonyl (C=O) groups excluding carboxylic acids is 2. The van der Waals surface area contributed by atoms with Crippen molar-refractivity contribution < 1.29 is 18.7 Å². The number of nitrogens with zero attached hydrogens (tertiary/aromatic N) is 2. The van der Waals surface area contributed by atoms with Gasteiger partial charge in [0, 0.05) is 36.2 Å². The number of primary amides is 1. The Labute approximate surface area is 183 Å². The lowest BCUT2D eigenvalue weighted by Gasteiger charge is -2.34. The molecule has 160 valence electrons. The molecule has 6 nitrogen and oxygen atoms in total. The van der Waals surface area contributed by atoms with Gasteiger partial charge in [-0.05, 0) is 54.8 Å². The third-order valence-corrected chi connectivity index (χ3v) is 6.66. The maximum absolute atomic E-state index is 14.7. The van der Waals surface area contributed by atoms with Gasteiger partial charge in [0.15, 0.2) is 0 Å². The first-order valence-electron chi connectivity index (χ1n) is 9.89. The number of carbonyl (C=O) groups is 2. The van der Waals surface area contributed by atoms with Crippen molar-refractivity contribution >= 4 is 23.5 Å². The lowest BCUT2D eigenvalue weighted by Crippen LogP contribution is -2.45. The smallest absolute Gasteiger partial charge is 0.228 e. The number of amides is 1. The molecule has 4 rings (SSSR count). The number of halogens is 1. The summed E-state index contributed by atoms with van der Waals surface area (Å²) in [6.07, 6.45) is 2.57. The molecule has 0 saturated carbocycles. The number of hydrogen-bond donors (Lipinski definition) is 1. The molecule has 1 fully saturated rings. The summed E-state index contributed by atoms with van der Waals surface area (Å²) in [6.45, 7) is 0.968. The molecule has 0 aliphatic carbocycles. The fourth-order valence-electron chi connectivity index (χ4n) is 3.87. The van der Waals surface area contributed by atoms with E-state index in [-0.39, 0.29) is 11.5 Å². The molecule has 3 aromatic rings. The quantitative estimate of drug-likeness (QED) is 0.594. The molecule has 1 saturated heterocycles. The second-order valence-corrected chi connectivity index (χ2v) is 8.65. The number of nitrogens with two attached hydrogens (primary N) is 1. The van der Waals surface area contributed by atoms with Crippen molar-refractivity contribution in [2.75, 3.05) is 13.2 Å². The second kappa shape index (κ2) is 8.64. The average Bonchev–Trinajstić information content (AvgIpc) is 3.20. The highest BCUT2D eigenvalue weighted by atomic mass is 32.2. The molecule has 1 amide bonds. The van der Waals surface area contributed by atoms with Gasteiger partial charge in [0.25, 0.3) is 0 Å². The van der Waals surface area contributed by atoms with E-state index in [9.17, 15) is 14.0 Å². The standard InChI is InChI=1S/C23H22FN3O3S/c1-27-20(7-10-26-27)21(28)18-6-5-17(14-19(18)24)31-16-4-2-3-15(13-16)23(22(25)29)8-11-30-12-9-23/h2-7,10,13-14H,8-9,11-12H2,1H3,(H2,25,29). The van der Waals surface area contributed by atoms with Crippen molar-refractivity contribution in [2.45, 2.75) is 28.0 Å². The molecule has 31 heavy (non-hydrogen) atoms. The number of ether oxygens (including phenoxy) is 1. The third-order valence-electron chi connectivity index (χ3n) is 5.68. The van der Waals surface area contributed by atoms with E-state index in [1.807, 2.05) is 24.3 Å². The van der Waals surface area contributed by atoms with Crippen molar-refractivity contribution in [1.82, 2.24) is 9.78 Å². The molecular weight excluding hydrogens is 417 g/mol. The first kappa shape index (κ1) is 21.3. The Morgan fingerprint density at radius 1 is 1.13 bits per heavy atom. The molecule has 1 aliphatic heterocycles. The van der Waals surface area contributed by atoms with E-state index in [0.29, 0.717) is 36.6 Å². The zero-order chi connectivity index (χ0) is 22.0. The number of ketones is 1. The van der Waals surface area contributed by atoms with Crippen molar-refractivity contribution in [1.29, 1.82) is 0 Å². The summed E-state index contributed by atoms with van der Waals surface area (Å²) >= 11 is 1.36. The van der Waals surface area contributed by atoms with Crippen molar-refractivity contribution in [3.05, 3.63) is 77.4 Å². The Morgan fingerprint density at radius 2 is 1.87 bits per heavy atom. The molecule has 2 heterocycles. The molecule has 0 spiro atoms. The summed E-state index contributed by atoms with van der Waals surface area (Å²) in [5.74, 6) is -1.37. The van der Waals surface area contributed by atoms with E-state index in [4.69, 9.17) is 10.5 Å². The first-order chi connectivity index (χ1) is 14.9. The Hall–Kier alpha value is -2.97. The minimum atomic E-state index is -0.751. The van der Waals surface area contributed by atoms with Crippen LogP contribution >= 0.6 is 11.8 Å². The molecule has 0 bridgehead atoms. The van der Waals surface area contributed by atoms with E-state index in [1.165, 1.54) is 34.8 Å². The van der Waals surface area contributed by atoms with Gasteiger partial charge in [-0.3, -0.25) is 14.3 Å². The molecule has 1 aromatic heterocycles. The number of benzene rings is 2. The zero-order valence-corrected chi connectivity index (χ0v) is 17.8. The SMILES string of the molecule is Cn1nccc1C(=O)c1ccc(Sc2cccc(C3(C(N)=O)CCOCC3)c2)cc1F. The van der Waals surface area contributed by atoms with Crippen LogP contribution in [0.3, 0.4) is 0 Å². The van der Waals surface area contributed by atoms with E-state index < -0.39 is 17.0 Å². The van der Waals surface area contributed by atoms with Gasteiger partial charge in [-0.2, -0.15) is 5.10 Å². The van der Waals surface area contributed by atoms with Crippen LogP contribution in [0, 0.1) is 5.82 Å². The van der Waals surface area contributed by atoms with E-state index in [2.05, 4.69) is 5.10 Å². The molecule has 1 aliphatic rings. The van der Waals surface area contributed by atoms with Gasteiger partial charge in [-0.1, -0.05) is 23.9 Å². The summed E-state index contributed by atoms with van der Waals surface area (Å²) in [5, 5.41) is 3.96. The Bertz CT molecular complexity index is 1140. The highest BCUT2D eigenvalue weighted by molar-refractivity contribution is 7.99. The lowest BCUT2D eigenvalue weighted by atomic mass is 9.73. The fraction of sp³-hybridized carbons (Fsp3) is 0.261. The predicted molar refractivity (Wildman–Crippen MR) is 115 cm³/mol. The minimum Gasteiger partial charge on any atom is -0.381 e. The van der Waals surface area contributed by atoms with Crippen LogP contribution in [0.1, 0.15) is 34.5 Å². The van der Waals surface area contributed by atoms with Crippen LogP contribution in [0.4, 0.5) is 4.39 Å². The maximum atomic E-state index is 14.7. The average molecular weight is 440 g/mol. The molecule has 0 unspecified atom stereocenters. The number of aryl methyl sites for hydroxylation is 1. The topological polar surface area (TPSA) is 87.2 Å². The summed E-state index contributed by atoms with van der Waals surface area (Å²) in [6, 6.07) is 13.7. The number of aromatic nitrogens is 2. The molecule has 0 radical (unpaired) electrons. The molecule has 8 heteroatoms. The Kier molecular flexibility index (Phi) is 5.93. The second-order valence-electron chi connectivity index (χ2n) is 7.50. The minimum absolute atomic E-state index is 0.00316.